The molecule has 0 bridgehead atoms. The highest BCUT2D eigenvalue weighted by atomic mass is 35.5. The number of amides is 1. The molecule has 8 nitrogen and oxygen atoms in total. The van der Waals surface area contributed by atoms with E-state index in [2.05, 4.69) is 25.3 Å². The van der Waals surface area contributed by atoms with Gasteiger partial charge in [0.15, 0.2) is 5.13 Å². The lowest BCUT2D eigenvalue weighted by Gasteiger charge is -2.16. The molecule has 4 heterocycles. The summed E-state index contributed by atoms with van der Waals surface area (Å²) in [6.45, 7) is 1.85. The second kappa shape index (κ2) is 9.69. The van der Waals surface area contributed by atoms with Crippen LogP contribution in [0.3, 0.4) is 0 Å². The van der Waals surface area contributed by atoms with Crippen LogP contribution in [0.5, 0.6) is 5.75 Å². The molecule has 10 heteroatoms. The van der Waals surface area contributed by atoms with E-state index < -0.39 is 0 Å². The fraction of sp³-hybridized carbons (Fsp3) is 0.240. The molecule has 178 valence electrons. The third kappa shape index (κ3) is 4.88. The van der Waals surface area contributed by atoms with E-state index in [1.165, 1.54) is 30.8 Å². The van der Waals surface area contributed by atoms with Crippen molar-refractivity contribution in [3.63, 3.8) is 0 Å². The SMILES string of the molecule is COc1cnc(Cl)cc1-c1cc(C)ncc1C(=O)Nc1nc2cnc(C3=CC[C@H](O)CC3)cc2s1. The van der Waals surface area contributed by atoms with E-state index in [1.807, 2.05) is 25.1 Å². The number of nitrogens with zero attached hydrogens (tertiary/aromatic N) is 4. The topological polar surface area (TPSA) is 110 Å². The fourth-order valence-corrected chi connectivity index (χ4v) is 5.06. The van der Waals surface area contributed by atoms with Crippen molar-refractivity contribution < 1.29 is 14.6 Å². The molecule has 0 aromatic carbocycles. The average molecular weight is 508 g/mol. The molecular formula is C25H22ClN5O3S. The summed E-state index contributed by atoms with van der Waals surface area (Å²) < 4.78 is 6.36. The first-order chi connectivity index (χ1) is 16.9. The summed E-state index contributed by atoms with van der Waals surface area (Å²) in [6, 6.07) is 5.46. The predicted molar refractivity (Wildman–Crippen MR) is 137 cm³/mol. The van der Waals surface area contributed by atoms with E-state index >= 15 is 0 Å². The van der Waals surface area contributed by atoms with Crippen molar-refractivity contribution in [1.82, 2.24) is 19.9 Å². The Morgan fingerprint density at radius 1 is 1.17 bits per heavy atom. The third-order valence-electron chi connectivity index (χ3n) is 5.84. The number of thiazole rings is 1. The quantitative estimate of drug-likeness (QED) is 0.353. The van der Waals surface area contributed by atoms with Crippen LogP contribution in [0, 0.1) is 6.92 Å². The molecule has 2 N–H and O–H groups in total. The molecule has 0 unspecified atom stereocenters. The number of rotatable bonds is 5. The molecule has 4 aromatic heterocycles. The number of anilines is 1. The summed E-state index contributed by atoms with van der Waals surface area (Å²) in [5.41, 5.74) is 5.08. The number of aliphatic hydroxyl groups excluding tert-OH is 1. The molecule has 1 atom stereocenters. The zero-order valence-electron chi connectivity index (χ0n) is 19.1. The number of hydrogen-bond donors (Lipinski definition) is 2. The maximum absolute atomic E-state index is 13.3. The van der Waals surface area contributed by atoms with Crippen LogP contribution in [0.1, 0.15) is 41.0 Å². The second-order valence-electron chi connectivity index (χ2n) is 8.25. The molecule has 0 radical (unpaired) electrons. The van der Waals surface area contributed by atoms with Crippen molar-refractivity contribution in [2.24, 2.45) is 0 Å². The largest absolute Gasteiger partial charge is 0.494 e. The van der Waals surface area contributed by atoms with Gasteiger partial charge in [-0.2, -0.15) is 0 Å². The van der Waals surface area contributed by atoms with Crippen LogP contribution in [0.4, 0.5) is 5.13 Å². The summed E-state index contributed by atoms with van der Waals surface area (Å²) in [5, 5.41) is 13.4. The van der Waals surface area contributed by atoms with Gasteiger partial charge in [-0.05, 0) is 50.0 Å². The fourth-order valence-electron chi connectivity index (χ4n) is 4.03. The molecule has 1 amide bonds. The highest BCUT2D eigenvalue weighted by Gasteiger charge is 2.20. The van der Waals surface area contributed by atoms with E-state index in [1.54, 1.807) is 12.3 Å². The third-order valence-corrected chi connectivity index (χ3v) is 6.98. The maximum Gasteiger partial charge on any atom is 0.259 e. The molecule has 0 fully saturated rings. The Labute approximate surface area is 210 Å². The Balaban J connectivity index is 1.45. The zero-order valence-corrected chi connectivity index (χ0v) is 20.7. The van der Waals surface area contributed by atoms with Gasteiger partial charge >= 0.3 is 0 Å². The molecule has 0 spiro atoms. The number of carbonyl (C=O) groups is 1. The van der Waals surface area contributed by atoms with Crippen molar-refractivity contribution in [2.75, 3.05) is 12.4 Å². The van der Waals surface area contributed by atoms with Gasteiger partial charge in [-0.1, -0.05) is 29.0 Å². The van der Waals surface area contributed by atoms with Gasteiger partial charge in [-0.25, -0.2) is 9.97 Å². The Kier molecular flexibility index (Phi) is 6.46. The number of aromatic nitrogens is 4. The smallest absolute Gasteiger partial charge is 0.259 e. The van der Waals surface area contributed by atoms with Gasteiger partial charge in [0.05, 0.1) is 41.6 Å². The number of allylic oxidation sites excluding steroid dienone is 1. The molecule has 35 heavy (non-hydrogen) atoms. The minimum atomic E-state index is -0.348. The molecular weight excluding hydrogens is 486 g/mol. The number of hydrogen-bond acceptors (Lipinski definition) is 8. The summed E-state index contributed by atoms with van der Waals surface area (Å²) in [4.78, 5) is 30.8. The first-order valence-corrected chi connectivity index (χ1v) is 12.2. The lowest BCUT2D eigenvalue weighted by molar-refractivity contribution is 0.102. The molecule has 0 saturated heterocycles. The van der Waals surface area contributed by atoms with Gasteiger partial charge < -0.3 is 9.84 Å². The lowest BCUT2D eigenvalue weighted by Crippen LogP contribution is -2.14. The normalized spacial score (nSPS) is 15.7. The Morgan fingerprint density at radius 2 is 2.03 bits per heavy atom. The molecule has 1 aliphatic carbocycles. The van der Waals surface area contributed by atoms with Crippen molar-refractivity contribution in [3.05, 3.63) is 65.0 Å². The van der Waals surface area contributed by atoms with E-state index in [0.717, 1.165) is 34.5 Å². The van der Waals surface area contributed by atoms with E-state index in [0.29, 0.717) is 44.7 Å². The number of aryl methyl sites for hydroxylation is 1. The van der Waals surface area contributed by atoms with Crippen molar-refractivity contribution >= 4 is 49.8 Å². The minimum absolute atomic E-state index is 0.281. The molecule has 4 aromatic rings. The highest BCUT2D eigenvalue weighted by molar-refractivity contribution is 7.22. The summed E-state index contributed by atoms with van der Waals surface area (Å²) in [6.07, 6.45) is 8.68. The maximum atomic E-state index is 13.3. The summed E-state index contributed by atoms with van der Waals surface area (Å²) in [7, 11) is 1.54. The summed E-state index contributed by atoms with van der Waals surface area (Å²) >= 11 is 7.51. The van der Waals surface area contributed by atoms with Gasteiger partial charge in [0, 0.05) is 23.0 Å². The predicted octanol–water partition coefficient (Wildman–Crippen LogP) is 5.30. The van der Waals surface area contributed by atoms with Gasteiger partial charge in [-0.3, -0.25) is 20.1 Å². The number of halogens is 1. The summed E-state index contributed by atoms with van der Waals surface area (Å²) in [5.74, 6) is 0.149. The number of pyridine rings is 3. The number of methoxy groups -OCH3 is 1. The monoisotopic (exact) mass is 507 g/mol. The highest BCUT2D eigenvalue weighted by Crippen LogP contribution is 2.35. The van der Waals surface area contributed by atoms with Gasteiger partial charge in [0.1, 0.15) is 16.4 Å². The van der Waals surface area contributed by atoms with Crippen molar-refractivity contribution in [2.45, 2.75) is 32.3 Å². The zero-order chi connectivity index (χ0) is 24.5. The standard InChI is InChI=1S/C25H22ClN5O3S/c1-13-7-16(17-8-23(26)29-12-21(17)34-2)18(10-27-13)24(33)31-25-30-20-11-28-19(9-22(20)35-25)14-3-5-15(32)6-4-14/h3,7-12,15,32H,4-6H2,1-2H3,(H,30,31,33)/t15-/m0/s1. The number of ether oxygens (including phenoxy) is 1. The van der Waals surface area contributed by atoms with Crippen LogP contribution in [0.25, 0.3) is 26.9 Å². The number of nitrogens with one attached hydrogen (secondary N) is 1. The van der Waals surface area contributed by atoms with Crippen LogP contribution in [0.15, 0.2) is 42.9 Å². The molecule has 1 aliphatic rings. The van der Waals surface area contributed by atoms with Gasteiger partial charge in [0.2, 0.25) is 0 Å². The van der Waals surface area contributed by atoms with Crippen molar-refractivity contribution in [1.29, 1.82) is 0 Å². The second-order valence-corrected chi connectivity index (χ2v) is 9.66. The molecule has 0 aliphatic heterocycles. The minimum Gasteiger partial charge on any atom is -0.494 e. The lowest BCUT2D eigenvalue weighted by atomic mass is 9.95. The van der Waals surface area contributed by atoms with Crippen LogP contribution >= 0.6 is 22.9 Å². The molecule has 0 saturated carbocycles. The van der Waals surface area contributed by atoms with Gasteiger partial charge in [-0.15, -0.1) is 0 Å². The van der Waals surface area contributed by atoms with Crippen LogP contribution in [-0.2, 0) is 0 Å². The first-order valence-electron chi connectivity index (χ1n) is 11.0. The number of fused-ring (bicyclic) bond motifs is 1. The Morgan fingerprint density at radius 3 is 2.80 bits per heavy atom. The van der Waals surface area contributed by atoms with Crippen LogP contribution < -0.4 is 10.1 Å². The Bertz CT molecular complexity index is 1470. The van der Waals surface area contributed by atoms with Gasteiger partial charge in [0.25, 0.3) is 5.91 Å². The number of aliphatic hydroxyl groups is 1. The van der Waals surface area contributed by atoms with Crippen molar-refractivity contribution in [3.8, 4) is 16.9 Å². The number of carbonyl (C=O) groups excluding carboxylic acids is 1. The van der Waals surface area contributed by atoms with Crippen LogP contribution in [0.2, 0.25) is 5.15 Å². The van der Waals surface area contributed by atoms with E-state index in [9.17, 15) is 9.90 Å². The molecule has 5 rings (SSSR count). The van der Waals surface area contributed by atoms with E-state index in [4.69, 9.17) is 16.3 Å². The Hall–Kier alpha value is -3.40. The van der Waals surface area contributed by atoms with E-state index in [-0.39, 0.29) is 12.0 Å². The van der Waals surface area contributed by atoms with Crippen LogP contribution in [-0.4, -0.2) is 44.2 Å². The first kappa shape index (κ1) is 23.3. The average Bonchev–Trinajstić information content (AvgIpc) is 3.25.